The number of aromatic amines is 1. The molecule has 1 aromatic heterocycles. The molecule has 0 saturated carbocycles. The Labute approximate surface area is 142 Å². The summed E-state index contributed by atoms with van der Waals surface area (Å²) in [5.74, 6) is 0.464. The van der Waals surface area contributed by atoms with E-state index in [1.165, 1.54) is 5.56 Å². The number of ketones is 1. The number of amides is 1. The largest absolute Gasteiger partial charge is 0.354 e. The Hall–Kier alpha value is -2.36. The number of H-pyrrole nitrogens is 1. The zero-order valence-electron chi connectivity index (χ0n) is 14.5. The SMILES string of the molecule is CCC(C)c1ccc(NC(=O)c2[nH]c3c(c2C)C(=O)CCC3)cc1. The molecule has 3 rings (SSSR count). The first-order valence-electron chi connectivity index (χ1n) is 8.67. The van der Waals surface area contributed by atoms with Crippen LogP contribution in [0.4, 0.5) is 5.69 Å². The van der Waals surface area contributed by atoms with Crippen LogP contribution in [0.3, 0.4) is 0 Å². The molecule has 1 amide bonds. The fraction of sp³-hybridized carbons (Fsp3) is 0.400. The maximum Gasteiger partial charge on any atom is 0.272 e. The van der Waals surface area contributed by atoms with Crippen molar-refractivity contribution in [1.29, 1.82) is 0 Å². The average Bonchev–Trinajstić information content (AvgIpc) is 2.93. The van der Waals surface area contributed by atoms with Gasteiger partial charge in [-0.25, -0.2) is 0 Å². The average molecular weight is 324 g/mol. The third-order valence-corrected chi connectivity index (χ3v) is 5.01. The third kappa shape index (κ3) is 3.01. The zero-order valence-corrected chi connectivity index (χ0v) is 14.5. The Bertz CT molecular complexity index is 772. The van der Waals surface area contributed by atoms with Gasteiger partial charge in [0, 0.05) is 23.4 Å². The summed E-state index contributed by atoms with van der Waals surface area (Å²) in [5, 5.41) is 2.93. The lowest BCUT2D eigenvalue weighted by molar-refractivity contribution is 0.0971. The van der Waals surface area contributed by atoms with E-state index in [0.717, 1.165) is 41.8 Å². The second-order valence-electron chi connectivity index (χ2n) is 6.64. The van der Waals surface area contributed by atoms with E-state index in [-0.39, 0.29) is 11.7 Å². The molecule has 0 fully saturated rings. The second kappa shape index (κ2) is 6.63. The van der Waals surface area contributed by atoms with Gasteiger partial charge in [-0.1, -0.05) is 26.0 Å². The van der Waals surface area contributed by atoms with Crippen molar-refractivity contribution in [1.82, 2.24) is 4.98 Å². The lowest BCUT2D eigenvalue weighted by atomic mass is 9.94. The van der Waals surface area contributed by atoms with Gasteiger partial charge in [0.1, 0.15) is 5.69 Å². The molecule has 0 aliphatic heterocycles. The molecule has 1 aliphatic rings. The number of carbonyl (C=O) groups excluding carboxylic acids is 2. The minimum Gasteiger partial charge on any atom is -0.354 e. The summed E-state index contributed by atoms with van der Waals surface area (Å²) in [6.07, 6.45) is 3.35. The van der Waals surface area contributed by atoms with Crippen LogP contribution < -0.4 is 5.32 Å². The molecule has 1 aromatic carbocycles. The van der Waals surface area contributed by atoms with Gasteiger partial charge in [-0.3, -0.25) is 9.59 Å². The van der Waals surface area contributed by atoms with Crippen LogP contribution in [0.1, 0.15) is 76.7 Å². The fourth-order valence-corrected chi connectivity index (χ4v) is 3.33. The number of benzene rings is 1. The lowest BCUT2D eigenvalue weighted by Gasteiger charge is -2.10. The predicted molar refractivity (Wildman–Crippen MR) is 95.9 cm³/mol. The normalized spacial score (nSPS) is 15.0. The number of nitrogens with one attached hydrogen (secondary N) is 2. The van der Waals surface area contributed by atoms with Crippen LogP contribution in [0, 0.1) is 6.92 Å². The quantitative estimate of drug-likeness (QED) is 0.863. The first-order valence-corrected chi connectivity index (χ1v) is 8.67. The molecule has 4 nitrogen and oxygen atoms in total. The maximum absolute atomic E-state index is 12.6. The Morgan fingerprint density at radius 3 is 2.58 bits per heavy atom. The van der Waals surface area contributed by atoms with Gasteiger partial charge < -0.3 is 10.3 Å². The third-order valence-electron chi connectivity index (χ3n) is 5.01. The van der Waals surface area contributed by atoms with Crippen LogP contribution in [0.15, 0.2) is 24.3 Å². The number of rotatable bonds is 4. The summed E-state index contributed by atoms with van der Waals surface area (Å²) in [6, 6.07) is 7.98. The molecule has 126 valence electrons. The molecule has 2 N–H and O–H groups in total. The van der Waals surface area contributed by atoms with Crippen LogP contribution in [-0.2, 0) is 6.42 Å². The molecule has 4 heteroatoms. The fourth-order valence-electron chi connectivity index (χ4n) is 3.33. The topological polar surface area (TPSA) is 62.0 Å². The number of Topliss-reactive ketones (excluding diaryl/α,β-unsaturated/α-hetero) is 1. The summed E-state index contributed by atoms with van der Waals surface area (Å²) in [4.78, 5) is 27.8. The first-order chi connectivity index (χ1) is 11.5. The van der Waals surface area contributed by atoms with Crippen LogP contribution in [0.5, 0.6) is 0 Å². The molecule has 1 heterocycles. The summed E-state index contributed by atoms with van der Waals surface area (Å²) in [5.41, 5.74) is 4.93. The second-order valence-corrected chi connectivity index (χ2v) is 6.64. The minimum absolute atomic E-state index is 0.141. The molecular weight excluding hydrogens is 300 g/mol. The minimum atomic E-state index is -0.189. The van der Waals surface area contributed by atoms with Crippen molar-refractivity contribution in [2.45, 2.75) is 52.4 Å². The summed E-state index contributed by atoms with van der Waals surface area (Å²) in [7, 11) is 0. The zero-order chi connectivity index (χ0) is 17.3. The number of aryl methyl sites for hydroxylation is 1. The predicted octanol–water partition coefficient (Wildman–Crippen LogP) is 4.61. The van der Waals surface area contributed by atoms with Crippen LogP contribution >= 0.6 is 0 Å². The van der Waals surface area contributed by atoms with E-state index in [0.29, 0.717) is 18.0 Å². The molecule has 1 unspecified atom stereocenters. The van der Waals surface area contributed by atoms with E-state index in [1.54, 1.807) is 0 Å². The van der Waals surface area contributed by atoms with Gasteiger partial charge in [0.2, 0.25) is 0 Å². The van der Waals surface area contributed by atoms with Gasteiger partial charge in [0.25, 0.3) is 5.91 Å². The lowest BCUT2D eigenvalue weighted by Crippen LogP contribution is -2.14. The van der Waals surface area contributed by atoms with Gasteiger partial charge in [0.15, 0.2) is 5.78 Å². The number of carbonyl (C=O) groups is 2. The Morgan fingerprint density at radius 1 is 1.25 bits per heavy atom. The van der Waals surface area contributed by atoms with Crippen molar-refractivity contribution in [2.24, 2.45) is 0 Å². The van der Waals surface area contributed by atoms with Crippen LogP contribution in [0.2, 0.25) is 0 Å². The molecular formula is C20H24N2O2. The van der Waals surface area contributed by atoms with E-state index in [9.17, 15) is 9.59 Å². The first kappa shape index (κ1) is 16.5. The molecule has 0 spiro atoms. The number of aromatic nitrogens is 1. The van der Waals surface area contributed by atoms with Gasteiger partial charge in [0.05, 0.1) is 0 Å². The standard InChI is InChI=1S/C20H24N2O2/c1-4-12(2)14-8-10-15(11-9-14)21-20(24)19-13(3)18-16(22-19)6-5-7-17(18)23/h8-12,22H,4-7H2,1-3H3,(H,21,24). The van der Waals surface area contributed by atoms with Crippen molar-refractivity contribution >= 4 is 17.4 Å². The van der Waals surface area contributed by atoms with Crippen molar-refractivity contribution in [3.63, 3.8) is 0 Å². The molecule has 24 heavy (non-hydrogen) atoms. The molecule has 1 atom stereocenters. The Morgan fingerprint density at radius 2 is 1.96 bits per heavy atom. The molecule has 1 aliphatic carbocycles. The number of hydrogen-bond donors (Lipinski definition) is 2. The Kier molecular flexibility index (Phi) is 4.56. The van der Waals surface area contributed by atoms with Gasteiger partial charge >= 0.3 is 0 Å². The van der Waals surface area contributed by atoms with Crippen molar-refractivity contribution in [3.8, 4) is 0 Å². The van der Waals surface area contributed by atoms with E-state index >= 15 is 0 Å². The summed E-state index contributed by atoms with van der Waals surface area (Å²) < 4.78 is 0. The smallest absolute Gasteiger partial charge is 0.272 e. The van der Waals surface area contributed by atoms with Gasteiger partial charge in [-0.15, -0.1) is 0 Å². The maximum atomic E-state index is 12.6. The summed E-state index contributed by atoms with van der Waals surface area (Å²) in [6.45, 7) is 6.20. The van der Waals surface area contributed by atoms with E-state index in [4.69, 9.17) is 0 Å². The molecule has 2 aromatic rings. The highest BCUT2D eigenvalue weighted by atomic mass is 16.2. The highest BCUT2D eigenvalue weighted by molar-refractivity contribution is 6.08. The van der Waals surface area contributed by atoms with Gasteiger partial charge in [-0.2, -0.15) is 0 Å². The highest BCUT2D eigenvalue weighted by Crippen LogP contribution is 2.27. The summed E-state index contributed by atoms with van der Waals surface area (Å²) >= 11 is 0. The Balaban J connectivity index is 1.79. The van der Waals surface area contributed by atoms with Crippen molar-refractivity contribution in [3.05, 3.63) is 52.3 Å². The van der Waals surface area contributed by atoms with Crippen LogP contribution in [-0.4, -0.2) is 16.7 Å². The highest BCUT2D eigenvalue weighted by Gasteiger charge is 2.26. The molecule has 0 saturated heterocycles. The van der Waals surface area contributed by atoms with E-state index < -0.39 is 0 Å². The monoisotopic (exact) mass is 324 g/mol. The molecule has 0 radical (unpaired) electrons. The molecule has 0 bridgehead atoms. The van der Waals surface area contributed by atoms with Crippen molar-refractivity contribution < 1.29 is 9.59 Å². The number of anilines is 1. The van der Waals surface area contributed by atoms with Crippen LogP contribution in [0.25, 0.3) is 0 Å². The number of hydrogen-bond acceptors (Lipinski definition) is 2. The number of fused-ring (bicyclic) bond motifs is 1. The van der Waals surface area contributed by atoms with Crippen molar-refractivity contribution in [2.75, 3.05) is 5.32 Å². The van der Waals surface area contributed by atoms with E-state index in [1.807, 2.05) is 19.1 Å². The van der Waals surface area contributed by atoms with Gasteiger partial charge in [-0.05, 0) is 55.4 Å². The van der Waals surface area contributed by atoms with E-state index in [2.05, 4.69) is 36.3 Å².